The lowest BCUT2D eigenvalue weighted by Gasteiger charge is -2.70. The number of allylic oxidation sites excluding steroid dienone is 2. The van der Waals surface area contributed by atoms with Crippen molar-refractivity contribution in [3.63, 3.8) is 0 Å². The number of hydrogen-bond donors (Lipinski definition) is 1. The average Bonchev–Trinajstić information content (AvgIpc) is 3.15. The Bertz CT molecular complexity index is 1670. The van der Waals surface area contributed by atoms with Crippen LogP contribution in [0.2, 0.25) is 0 Å². The number of ether oxygens (including phenoxy) is 4. The van der Waals surface area contributed by atoms with Crippen LogP contribution in [0.15, 0.2) is 42.0 Å². The number of esters is 1. The van der Waals surface area contributed by atoms with Gasteiger partial charge in [0.15, 0.2) is 5.78 Å². The summed E-state index contributed by atoms with van der Waals surface area (Å²) in [6.45, 7) is 18.9. The van der Waals surface area contributed by atoms with E-state index in [4.69, 9.17) is 24.1 Å². The molecule has 1 aromatic rings. The molecule has 4 saturated carbocycles. The fourth-order valence-corrected chi connectivity index (χ4v) is 13.1. The van der Waals surface area contributed by atoms with Crippen LogP contribution >= 0.6 is 0 Å². The lowest BCUT2D eigenvalue weighted by molar-refractivity contribution is -0.194. The summed E-state index contributed by atoms with van der Waals surface area (Å²) >= 11 is 0. The van der Waals surface area contributed by atoms with Crippen LogP contribution < -0.4 is 0 Å². The number of Topliss-reactive ketones (excluding diaryl/α,β-unsaturated/α-hetero) is 1. The standard InChI is InChI=1S/C48H70O9/c1-43(2)34(37(49)14-11-24-54-26-28-56-29-27-55-25-17-40(51)52)15-18-46(5)39(43)16-19-48(7)41(46)38(50)30-35-36-31-45(4,21-20-44(36,3)22-23-47(35,48)6)42(53)57-32-33-12-9-8-10-13-33/h8-10,12-13,30,34,36,39,41H,11,14-29,31-32H2,1-7H3,(H,51,52)/t34-,36+,39+,41-,44-,45+,46+,47-,48-/m1/s1. The topological polar surface area (TPSA) is 125 Å². The van der Waals surface area contributed by atoms with Gasteiger partial charge in [0.1, 0.15) is 12.4 Å². The lowest BCUT2D eigenvalue weighted by Crippen LogP contribution is -2.66. The fourth-order valence-electron chi connectivity index (χ4n) is 13.1. The van der Waals surface area contributed by atoms with Gasteiger partial charge in [-0.3, -0.25) is 19.2 Å². The van der Waals surface area contributed by atoms with Gasteiger partial charge in [0, 0.05) is 24.9 Å². The average molecular weight is 791 g/mol. The number of rotatable bonds is 17. The van der Waals surface area contributed by atoms with E-state index in [0.717, 1.165) is 63.4 Å². The Kier molecular flexibility index (Phi) is 13.0. The molecule has 0 radical (unpaired) electrons. The van der Waals surface area contributed by atoms with Gasteiger partial charge >= 0.3 is 11.9 Å². The van der Waals surface area contributed by atoms with Gasteiger partial charge < -0.3 is 24.1 Å². The van der Waals surface area contributed by atoms with Crippen LogP contribution in [0, 0.1) is 56.2 Å². The highest BCUT2D eigenvalue weighted by Crippen LogP contribution is 2.75. The first-order chi connectivity index (χ1) is 26.9. The third-order valence-corrected chi connectivity index (χ3v) is 16.6. The quantitative estimate of drug-likeness (QED) is 0.121. The molecule has 0 heterocycles. The summed E-state index contributed by atoms with van der Waals surface area (Å²) in [6, 6.07) is 9.89. The number of carbonyl (C=O) groups excluding carboxylic acids is 3. The molecule has 5 aliphatic rings. The zero-order valence-electron chi connectivity index (χ0n) is 35.9. The zero-order valence-corrected chi connectivity index (χ0v) is 35.9. The Morgan fingerprint density at radius 3 is 2.09 bits per heavy atom. The number of hydrogen-bond acceptors (Lipinski definition) is 8. The van der Waals surface area contributed by atoms with Gasteiger partial charge in [0.05, 0.1) is 44.9 Å². The SMILES string of the molecule is CC1(C)[C@@H](C(=O)CCCOCCOCCOCCC(=O)O)CC[C@]2(C)[C@H]3C(=O)C=C4[C@@H]5C[C@@](C)(C(=O)OCc6ccccc6)CC[C@]5(C)CC[C@@]4(C)[C@]3(C)CC[C@@H]12. The van der Waals surface area contributed by atoms with Gasteiger partial charge in [0.2, 0.25) is 0 Å². The van der Waals surface area contributed by atoms with Crippen molar-refractivity contribution >= 4 is 23.5 Å². The maximum Gasteiger partial charge on any atom is 0.312 e. The second-order valence-corrected chi connectivity index (χ2v) is 20.3. The highest BCUT2D eigenvalue weighted by Gasteiger charge is 2.70. The summed E-state index contributed by atoms with van der Waals surface area (Å²) in [6.07, 6.45) is 11.5. The largest absolute Gasteiger partial charge is 0.481 e. The third kappa shape index (κ3) is 8.33. The predicted octanol–water partition coefficient (Wildman–Crippen LogP) is 9.20. The van der Waals surface area contributed by atoms with Crippen LogP contribution in [0.3, 0.4) is 0 Å². The summed E-state index contributed by atoms with van der Waals surface area (Å²) < 4.78 is 22.4. The normalized spacial score (nSPS) is 36.8. The number of ketones is 2. The highest BCUT2D eigenvalue weighted by molar-refractivity contribution is 5.96. The zero-order chi connectivity index (χ0) is 41.3. The van der Waals surface area contributed by atoms with Crippen LogP contribution in [0.25, 0.3) is 0 Å². The molecule has 0 saturated heterocycles. The molecule has 9 heteroatoms. The van der Waals surface area contributed by atoms with Crippen molar-refractivity contribution in [3.8, 4) is 0 Å². The van der Waals surface area contributed by atoms with Crippen LogP contribution in [-0.2, 0) is 44.7 Å². The van der Waals surface area contributed by atoms with Crippen molar-refractivity contribution in [2.24, 2.45) is 56.2 Å². The van der Waals surface area contributed by atoms with Crippen molar-refractivity contribution in [2.75, 3.05) is 39.6 Å². The molecule has 0 amide bonds. The minimum atomic E-state index is -0.880. The number of fused-ring (bicyclic) bond motifs is 7. The molecule has 1 aromatic carbocycles. The van der Waals surface area contributed by atoms with Gasteiger partial charge in [0.25, 0.3) is 0 Å². The van der Waals surface area contributed by atoms with Crippen LogP contribution in [0.4, 0.5) is 0 Å². The molecule has 9 atom stereocenters. The van der Waals surface area contributed by atoms with E-state index in [-0.39, 0.29) is 82.1 Å². The molecular formula is C48H70O9. The van der Waals surface area contributed by atoms with Gasteiger partial charge in [-0.25, -0.2) is 0 Å². The molecule has 5 aliphatic carbocycles. The van der Waals surface area contributed by atoms with Gasteiger partial charge in [-0.05, 0) is 122 Å². The first kappa shape index (κ1) is 43.7. The van der Waals surface area contributed by atoms with Crippen molar-refractivity contribution < 1.29 is 43.2 Å². The molecule has 316 valence electrons. The number of aliphatic carboxylic acids is 1. The van der Waals surface area contributed by atoms with Crippen LogP contribution in [0.1, 0.15) is 131 Å². The molecule has 1 N–H and O–H groups in total. The van der Waals surface area contributed by atoms with E-state index >= 15 is 0 Å². The molecular weight excluding hydrogens is 721 g/mol. The smallest absolute Gasteiger partial charge is 0.312 e. The lowest BCUT2D eigenvalue weighted by atomic mass is 9.33. The Balaban J connectivity index is 1.09. The molecule has 0 spiro atoms. The van der Waals surface area contributed by atoms with Gasteiger partial charge in [-0.15, -0.1) is 0 Å². The summed E-state index contributed by atoms with van der Waals surface area (Å²) in [5, 5.41) is 8.66. The summed E-state index contributed by atoms with van der Waals surface area (Å²) in [4.78, 5) is 53.2. The Morgan fingerprint density at radius 1 is 0.754 bits per heavy atom. The Labute approximate surface area is 341 Å². The predicted molar refractivity (Wildman–Crippen MR) is 218 cm³/mol. The molecule has 4 fully saturated rings. The molecule has 57 heavy (non-hydrogen) atoms. The van der Waals surface area contributed by atoms with Crippen LogP contribution in [0.5, 0.6) is 0 Å². The van der Waals surface area contributed by atoms with E-state index < -0.39 is 11.4 Å². The monoisotopic (exact) mass is 791 g/mol. The maximum atomic E-state index is 14.9. The fraction of sp³-hybridized carbons (Fsp3) is 0.750. The van der Waals surface area contributed by atoms with E-state index in [0.29, 0.717) is 51.7 Å². The first-order valence-corrected chi connectivity index (χ1v) is 21.9. The van der Waals surface area contributed by atoms with Gasteiger partial charge in [-0.1, -0.05) is 77.4 Å². The van der Waals surface area contributed by atoms with E-state index in [1.54, 1.807) is 0 Å². The van der Waals surface area contributed by atoms with Crippen molar-refractivity contribution in [3.05, 3.63) is 47.5 Å². The highest BCUT2D eigenvalue weighted by atomic mass is 16.5. The molecule has 0 aromatic heterocycles. The van der Waals surface area contributed by atoms with E-state index in [9.17, 15) is 19.2 Å². The van der Waals surface area contributed by atoms with Crippen molar-refractivity contribution in [1.29, 1.82) is 0 Å². The second kappa shape index (κ2) is 17.0. The number of carboxylic acid groups (broad SMARTS) is 1. The summed E-state index contributed by atoms with van der Waals surface area (Å²) in [5.74, 6) is -0.141. The molecule has 0 unspecified atom stereocenters. The number of carboxylic acids is 1. The van der Waals surface area contributed by atoms with E-state index in [1.807, 2.05) is 30.3 Å². The second-order valence-electron chi connectivity index (χ2n) is 20.3. The Hall–Kier alpha value is -2.88. The minimum absolute atomic E-state index is 0.0175. The first-order valence-electron chi connectivity index (χ1n) is 21.9. The Morgan fingerprint density at radius 2 is 1.40 bits per heavy atom. The van der Waals surface area contributed by atoms with Crippen molar-refractivity contribution in [2.45, 2.75) is 132 Å². The van der Waals surface area contributed by atoms with E-state index in [1.165, 1.54) is 5.57 Å². The van der Waals surface area contributed by atoms with Crippen LogP contribution in [-0.4, -0.2) is 68.3 Å². The maximum absolute atomic E-state index is 14.9. The number of benzene rings is 1. The third-order valence-electron chi connectivity index (χ3n) is 16.6. The van der Waals surface area contributed by atoms with Crippen molar-refractivity contribution in [1.82, 2.24) is 0 Å². The molecule has 6 rings (SSSR count). The number of carbonyl (C=O) groups is 4. The minimum Gasteiger partial charge on any atom is -0.481 e. The summed E-state index contributed by atoms with van der Waals surface area (Å²) in [7, 11) is 0. The summed E-state index contributed by atoms with van der Waals surface area (Å²) in [5.41, 5.74) is 0.957. The molecule has 0 aliphatic heterocycles. The molecule has 9 nitrogen and oxygen atoms in total. The molecule has 0 bridgehead atoms. The van der Waals surface area contributed by atoms with Gasteiger partial charge in [-0.2, -0.15) is 0 Å². The van der Waals surface area contributed by atoms with E-state index in [2.05, 4.69) is 54.5 Å².